The highest BCUT2D eigenvalue weighted by atomic mass is 35.5. The van der Waals surface area contributed by atoms with Gasteiger partial charge in [0.05, 0.1) is 11.5 Å². The molecule has 4 rings (SSSR count). The predicted octanol–water partition coefficient (Wildman–Crippen LogP) is 5.41. The lowest BCUT2D eigenvalue weighted by atomic mass is 10.1. The number of amidine groups is 1. The zero-order chi connectivity index (χ0) is 20.4. The summed E-state index contributed by atoms with van der Waals surface area (Å²) in [6.07, 6.45) is 0. The van der Waals surface area contributed by atoms with Crippen molar-refractivity contribution in [3.05, 3.63) is 99.1 Å². The fourth-order valence-electron chi connectivity index (χ4n) is 3.14. The summed E-state index contributed by atoms with van der Waals surface area (Å²) in [6, 6.07) is 21.6. The number of hydrogen-bond acceptors (Lipinski definition) is 3. The van der Waals surface area contributed by atoms with E-state index >= 15 is 0 Å². The lowest BCUT2D eigenvalue weighted by molar-refractivity contribution is -0.384. The van der Waals surface area contributed by atoms with Crippen molar-refractivity contribution in [2.75, 3.05) is 10.2 Å². The van der Waals surface area contributed by atoms with Gasteiger partial charge in [0.2, 0.25) is 0 Å². The number of benzene rings is 3. The van der Waals surface area contributed by atoms with Crippen LogP contribution in [0.25, 0.3) is 0 Å². The number of nitro benzene ring substituents is 1. The van der Waals surface area contributed by atoms with Gasteiger partial charge in [0.15, 0.2) is 5.11 Å². The van der Waals surface area contributed by atoms with Crippen molar-refractivity contribution in [2.45, 2.75) is 6.54 Å². The maximum Gasteiger partial charge on any atom is 0.269 e. The van der Waals surface area contributed by atoms with Gasteiger partial charge in [-0.15, -0.1) is 0 Å². The van der Waals surface area contributed by atoms with Gasteiger partial charge >= 0.3 is 0 Å². The fourth-order valence-corrected chi connectivity index (χ4v) is 3.47. The molecule has 0 fully saturated rings. The smallest absolute Gasteiger partial charge is 0.269 e. The van der Waals surface area contributed by atoms with Gasteiger partial charge in [0, 0.05) is 34.1 Å². The van der Waals surface area contributed by atoms with Gasteiger partial charge in [0.25, 0.3) is 5.69 Å². The molecule has 0 aromatic heterocycles. The lowest BCUT2D eigenvalue weighted by Gasteiger charge is -2.19. The van der Waals surface area contributed by atoms with E-state index in [1.54, 1.807) is 12.1 Å². The second-order valence-corrected chi connectivity index (χ2v) is 7.21. The number of nitro groups is 1. The highest BCUT2D eigenvalue weighted by molar-refractivity contribution is 7.80. The van der Waals surface area contributed by atoms with Crippen LogP contribution in [0, 0.1) is 10.1 Å². The third kappa shape index (κ3) is 4.11. The average Bonchev–Trinajstić information content (AvgIpc) is 3.07. The van der Waals surface area contributed by atoms with Crippen molar-refractivity contribution in [2.24, 2.45) is 4.99 Å². The Morgan fingerprint density at radius 2 is 1.76 bits per heavy atom. The zero-order valence-corrected chi connectivity index (χ0v) is 16.7. The Hall–Kier alpha value is -3.29. The number of nitrogens with zero attached hydrogens (tertiary/aromatic N) is 3. The summed E-state index contributed by atoms with van der Waals surface area (Å²) in [5.41, 5.74) is 3.78. The highest BCUT2D eigenvalue weighted by Crippen LogP contribution is 2.30. The molecular weight excluding hydrogens is 408 g/mol. The summed E-state index contributed by atoms with van der Waals surface area (Å²) < 4.78 is 0. The molecule has 0 radical (unpaired) electrons. The molecule has 8 heteroatoms. The van der Waals surface area contributed by atoms with E-state index in [1.165, 1.54) is 12.1 Å². The van der Waals surface area contributed by atoms with Crippen LogP contribution in [0.3, 0.4) is 0 Å². The van der Waals surface area contributed by atoms with Crippen molar-refractivity contribution in [1.29, 1.82) is 0 Å². The second-order valence-electron chi connectivity index (χ2n) is 6.39. The number of thiocarbonyl (C=S) groups is 1. The van der Waals surface area contributed by atoms with Crippen LogP contribution in [0.5, 0.6) is 0 Å². The quantitative estimate of drug-likeness (QED) is 0.347. The summed E-state index contributed by atoms with van der Waals surface area (Å²) >= 11 is 11.5. The monoisotopic (exact) mass is 422 g/mol. The van der Waals surface area contributed by atoms with Gasteiger partial charge in [-0.3, -0.25) is 10.1 Å². The molecule has 1 aliphatic heterocycles. The van der Waals surface area contributed by atoms with E-state index in [1.807, 2.05) is 42.5 Å². The normalized spacial score (nSPS) is 14.0. The van der Waals surface area contributed by atoms with Crippen LogP contribution < -0.4 is 10.2 Å². The van der Waals surface area contributed by atoms with Crippen molar-refractivity contribution in [3.8, 4) is 0 Å². The third-order valence-corrected chi connectivity index (χ3v) is 4.96. The molecule has 1 heterocycles. The Kier molecular flexibility index (Phi) is 5.24. The van der Waals surface area contributed by atoms with Crippen molar-refractivity contribution >= 4 is 51.8 Å². The minimum Gasteiger partial charge on any atom is -0.331 e. The van der Waals surface area contributed by atoms with Gasteiger partial charge in [-0.05, 0) is 54.2 Å². The van der Waals surface area contributed by atoms with E-state index in [0.29, 0.717) is 17.3 Å². The molecule has 0 aliphatic carbocycles. The van der Waals surface area contributed by atoms with Gasteiger partial charge < -0.3 is 10.2 Å². The first-order valence-electron chi connectivity index (χ1n) is 8.77. The highest BCUT2D eigenvalue weighted by Gasteiger charge is 2.26. The number of halogens is 1. The van der Waals surface area contributed by atoms with E-state index in [4.69, 9.17) is 23.8 Å². The van der Waals surface area contributed by atoms with Gasteiger partial charge in [0.1, 0.15) is 5.84 Å². The largest absolute Gasteiger partial charge is 0.331 e. The standard InChI is InChI=1S/C21H15ClN4O2S/c22-15-5-9-17(10-6-15)25-13-14-3-1-2-4-19(14)20(25)24-21(29)23-16-7-11-18(12-8-16)26(27)28/h1-12H,13H2,(H,23,29). The van der Waals surface area contributed by atoms with Crippen LogP contribution in [0.2, 0.25) is 5.02 Å². The van der Waals surface area contributed by atoms with Crippen LogP contribution in [0.4, 0.5) is 17.1 Å². The van der Waals surface area contributed by atoms with Crippen molar-refractivity contribution in [3.63, 3.8) is 0 Å². The van der Waals surface area contributed by atoms with Crippen LogP contribution in [0.15, 0.2) is 77.8 Å². The van der Waals surface area contributed by atoms with Crippen LogP contribution in [-0.4, -0.2) is 15.9 Å². The van der Waals surface area contributed by atoms with Gasteiger partial charge in [-0.1, -0.05) is 35.9 Å². The van der Waals surface area contributed by atoms with Crippen LogP contribution >= 0.6 is 23.8 Å². The summed E-state index contributed by atoms with van der Waals surface area (Å²) in [4.78, 5) is 17.1. The number of aliphatic imine (C=N–C) groups is 1. The maximum absolute atomic E-state index is 10.8. The molecule has 0 atom stereocenters. The number of hydrogen-bond donors (Lipinski definition) is 1. The van der Waals surface area contributed by atoms with E-state index in [-0.39, 0.29) is 10.8 Å². The molecule has 144 valence electrons. The molecule has 0 saturated heterocycles. The summed E-state index contributed by atoms with van der Waals surface area (Å²) in [5.74, 6) is 0.738. The lowest BCUT2D eigenvalue weighted by Crippen LogP contribution is -2.26. The Morgan fingerprint density at radius 1 is 1.07 bits per heavy atom. The molecule has 6 nitrogen and oxygen atoms in total. The van der Waals surface area contributed by atoms with Gasteiger partial charge in [-0.25, -0.2) is 4.99 Å². The zero-order valence-electron chi connectivity index (χ0n) is 15.1. The SMILES string of the molecule is O=[N+]([O-])c1ccc(NC(=S)N=C2c3ccccc3CN2c2ccc(Cl)cc2)cc1. The van der Waals surface area contributed by atoms with E-state index in [0.717, 1.165) is 22.6 Å². The first kappa shape index (κ1) is 19.0. The molecular formula is C21H15ClN4O2S. The predicted molar refractivity (Wildman–Crippen MR) is 120 cm³/mol. The van der Waals surface area contributed by atoms with Crippen LogP contribution in [0.1, 0.15) is 11.1 Å². The first-order valence-corrected chi connectivity index (χ1v) is 9.55. The molecule has 0 spiro atoms. The Bertz CT molecular complexity index is 1110. The molecule has 1 aliphatic rings. The van der Waals surface area contributed by atoms with Crippen LogP contribution in [-0.2, 0) is 6.54 Å². The molecule has 1 N–H and O–H groups in total. The van der Waals surface area contributed by atoms with Gasteiger partial charge in [-0.2, -0.15) is 0 Å². The topological polar surface area (TPSA) is 70.8 Å². The van der Waals surface area contributed by atoms with Crippen molar-refractivity contribution < 1.29 is 4.92 Å². The maximum atomic E-state index is 10.8. The minimum atomic E-state index is -0.443. The first-order chi connectivity index (χ1) is 14.0. The summed E-state index contributed by atoms with van der Waals surface area (Å²) in [7, 11) is 0. The van der Waals surface area contributed by atoms with E-state index in [9.17, 15) is 10.1 Å². The molecule has 0 amide bonds. The molecule has 0 bridgehead atoms. The Morgan fingerprint density at radius 3 is 2.45 bits per heavy atom. The summed E-state index contributed by atoms with van der Waals surface area (Å²) in [6.45, 7) is 0.677. The third-order valence-electron chi connectivity index (χ3n) is 4.52. The minimum absolute atomic E-state index is 0.0198. The van der Waals surface area contributed by atoms with E-state index in [2.05, 4.69) is 21.3 Å². The number of rotatable bonds is 3. The molecule has 3 aromatic rings. The second kappa shape index (κ2) is 7.98. The molecule has 0 unspecified atom stereocenters. The number of anilines is 2. The molecule has 0 saturated carbocycles. The molecule has 3 aromatic carbocycles. The molecule has 29 heavy (non-hydrogen) atoms. The Labute approximate surface area is 177 Å². The fraction of sp³-hybridized carbons (Fsp3) is 0.0476. The number of fused-ring (bicyclic) bond motifs is 1. The Balaban J connectivity index is 1.63. The number of nitrogens with one attached hydrogen (secondary N) is 1. The van der Waals surface area contributed by atoms with Crippen molar-refractivity contribution in [1.82, 2.24) is 0 Å². The summed E-state index contributed by atoms with van der Waals surface area (Å²) in [5, 5.41) is 14.8. The average molecular weight is 423 g/mol. The van der Waals surface area contributed by atoms with E-state index < -0.39 is 4.92 Å². The number of non-ortho nitro benzene ring substituents is 1.